The minimum atomic E-state index is -0.770. The van der Waals surface area contributed by atoms with Crippen LogP contribution in [0.15, 0.2) is 16.6 Å². The second kappa shape index (κ2) is 7.41. The first-order valence-corrected chi connectivity index (χ1v) is 8.46. The summed E-state index contributed by atoms with van der Waals surface area (Å²) in [7, 11) is 0. The van der Waals surface area contributed by atoms with Gasteiger partial charge in [-0.25, -0.2) is 8.78 Å². The summed E-state index contributed by atoms with van der Waals surface area (Å²) < 4.78 is 26.7. The number of nitrogens with one attached hydrogen (secondary N) is 1. The Kier molecular flexibility index (Phi) is 5.84. The monoisotopic (exact) mass is 363 g/mol. The van der Waals surface area contributed by atoms with E-state index in [-0.39, 0.29) is 16.1 Å². The average molecular weight is 364 g/mol. The van der Waals surface area contributed by atoms with E-state index in [0.717, 1.165) is 25.0 Å². The van der Waals surface area contributed by atoms with Gasteiger partial charge in [0.05, 0.1) is 11.4 Å². The number of carbonyl (C=O) groups is 1. The zero-order valence-corrected chi connectivity index (χ0v) is 13.3. The van der Waals surface area contributed by atoms with Gasteiger partial charge in [0, 0.05) is 15.8 Å². The van der Waals surface area contributed by atoms with Gasteiger partial charge in [0.2, 0.25) is 5.91 Å². The molecule has 0 aliphatic heterocycles. The van der Waals surface area contributed by atoms with Crippen molar-refractivity contribution in [1.82, 2.24) is 0 Å². The number of hydrogen-bond acceptors (Lipinski definition) is 2. The maximum Gasteiger partial charge on any atom is 0.234 e. The highest BCUT2D eigenvalue weighted by Gasteiger charge is 2.17. The molecule has 1 aliphatic rings. The zero-order chi connectivity index (χ0) is 14.5. The highest BCUT2D eigenvalue weighted by Crippen LogP contribution is 2.29. The normalized spacial score (nSPS) is 16.1. The molecular formula is C14H16BrF2NOS. The van der Waals surface area contributed by atoms with Crippen molar-refractivity contribution < 1.29 is 13.6 Å². The third kappa shape index (κ3) is 4.45. The molecule has 20 heavy (non-hydrogen) atoms. The first-order valence-electron chi connectivity index (χ1n) is 6.62. The van der Waals surface area contributed by atoms with Crippen molar-refractivity contribution in [3.63, 3.8) is 0 Å². The van der Waals surface area contributed by atoms with Crippen LogP contribution in [0.2, 0.25) is 0 Å². The Hall–Kier alpha value is -0.620. The maximum absolute atomic E-state index is 13.6. The first-order chi connectivity index (χ1) is 9.56. The van der Waals surface area contributed by atoms with Crippen LogP contribution in [0.25, 0.3) is 0 Å². The van der Waals surface area contributed by atoms with Gasteiger partial charge in [-0.05, 0) is 34.8 Å². The number of carbonyl (C=O) groups excluding carboxylic acids is 1. The second-order valence-corrected chi connectivity index (χ2v) is 7.01. The fraction of sp³-hybridized carbons (Fsp3) is 0.500. The van der Waals surface area contributed by atoms with Gasteiger partial charge in [0.25, 0.3) is 0 Å². The number of rotatable bonds is 4. The molecule has 0 bridgehead atoms. The van der Waals surface area contributed by atoms with Crippen molar-refractivity contribution in [1.29, 1.82) is 0 Å². The van der Waals surface area contributed by atoms with Crippen molar-refractivity contribution >= 4 is 39.3 Å². The van der Waals surface area contributed by atoms with E-state index in [1.165, 1.54) is 19.3 Å². The van der Waals surface area contributed by atoms with Crippen LogP contribution in [0.3, 0.4) is 0 Å². The largest absolute Gasteiger partial charge is 0.322 e. The summed E-state index contributed by atoms with van der Waals surface area (Å²) >= 11 is 4.67. The van der Waals surface area contributed by atoms with Gasteiger partial charge in [0.15, 0.2) is 5.82 Å². The van der Waals surface area contributed by atoms with Crippen LogP contribution in [0, 0.1) is 11.6 Å². The molecular weight excluding hydrogens is 348 g/mol. The van der Waals surface area contributed by atoms with Gasteiger partial charge < -0.3 is 5.32 Å². The Morgan fingerprint density at radius 2 is 2.00 bits per heavy atom. The fourth-order valence-electron chi connectivity index (χ4n) is 2.26. The van der Waals surface area contributed by atoms with Crippen molar-refractivity contribution in [3.05, 3.63) is 28.2 Å². The molecule has 1 aliphatic carbocycles. The number of hydrogen-bond donors (Lipinski definition) is 1. The minimum Gasteiger partial charge on any atom is -0.322 e. The molecule has 0 aromatic heterocycles. The molecule has 1 fully saturated rings. The molecule has 0 saturated heterocycles. The van der Waals surface area contributed by atoms with Crippen molar-refractivity contribution in [2.24, 2.45) is 0 Å². The van der Waals surface area contributed by atoms with E-state index in [2.05, 4.69) is 21.2 Å². The summed E-state index contributed by atoms with van der Waals surface area (Å²) in [5.74, 6) is -1.41. The summed E-state index contributed by atoms with van der Waals surface area (Å²) in [4.78, 5) is 11.8. The smallest absolute Gasteiger partial charge is 0.234 e. The Bertz CT molecular complexity index is 469. The van der Waals surface area contributed by atoms with Gasteiger partial charge >= 0.3 is 0 Å². The highest BCUT2D eigenvalue weighted by atomic mass is 79.9. The quantitative estimate of drug-likeness (QED) is 0.837. The Balaban J connectivity index is 1.88. The van der Waals surface area contributed by atoms with Crippen LogP contribution in [-0.4, -0.2) is 16.9 Å². The summed E-state index contributed by atoms with van der Waals surface area (Å²) in [6.45, 7) is 0. The molecule has 0 unspecified atom stereocenters. The fourth-order valence-corrected chi connectivity index (χ4v) is 3.90. The summed E-state index contributed by atoms with van der Waals surface area (Å²) in [6.07, 6.45) is 6.00. The lowest BCUT2D eigenvalue weighted by Gasteiger charge is -2.20. The zero-order valence-electron chi connectivity index (χ0n) is 10.9. The van der Waals surface area contributed by atoms with Gasteiger partial charge in [-0.15, -0.1) is 11.8 Å². The predicted octanol–water partition coefficient (Wildman–Crippen LogP) is 4.73. The van der Waals surface area contributed by atoms with Gasteiger partial charge in [-0.3, -0.25) is 4.79 Å². The molecule has 0 spiro atoms. The van der Waals surface area contributed by atoms with Gasteiger partial charge in [-0.1, -0.05) is 19.3 Å². The molecule has 1 amide bonds. The van der Waals surface area contributed by atoms with E-state index in [4.69, 9.17) is 0 Å². The van der Waals surface area contributed by atoms with E-state index in [1.807, 2.05) is 0 Å². The number of amides is 1. The lowest BCUT2D eigenvalue weighted by molar-refractivity contribution is -0.113. The average Bonchev–Trinajstić information content (AvgIpc) is 2.42. The second-order valence-electron chi connectivity index (χ2n) is 4.86. The molecule has 1 N–H and O–H groups in total. The highest BCUT2D eigenvalue weighted by molar-refractivity contribution is 9.10. The van der Waals surface area contributed by atoms with Crippen molar-refractivity contribution in [3.8, 4) is 0 Å². The molecule has 2 rings (SSSR count). The Morgan fingerprint density at radius 3 is 2.65 bits per heavy atom. The van der Waals surface area contributed by atoms with Crippen molar-refractivity contribution in [2.75, 3.05) is 11.1 Å². The van der Waals surface area contributed by atoms with Crippen LogP contribution in [-0.2, 0) is 4.79 Å². The first kappa shape index (κ1) is 15.8. The van der Waals surface area contributed by atoms with Gasteiger partial charge in [-0.2, -0.15) is 0 Å². The lowest BCUT2D eigenvalue weighted by Crippen LogP contribution is -2.18. The number of halogens is 3. The van der Waals surface area contributed by atoms with Crippen LogP contribution >= 0.6 is 27.7 Å². The van der Waals surface area contributed by atoms with Crippen LogP contribution in [0.5, 0.6) is 0 Å². The van der Waals surface area contributed by atoms with Crippen LogP contribution < -0.4 is 5.32 Å². The topological polar surface area (TPSA) is 29.1 Å². The van der Waals surface area contributed by atoms with Crippen molar-refractivity contribution in [2.45, 2.75) is 37.4 Å². The Labute approximate surface area is 129 Å². The van der Waals surface area contributed by atoms with E-state index in [1.54, 1.807) is 11.8 Å². The summed E-state index contributed by atoms with van der Waals surface area (Å²) in [5.41, 5.74) is 0.000596. The molecule has 0 radical (unpaired) electrons. The molecule has 1 aromatic carbocycles. The molecule has 1 aromatic rings. The van der Waals surface area contributed by atoms with E-state index in [0.29, 0.717) is 11.0 Å². The van der Waals surface area contributed by atoms with Crippen LogP contribution in [0.1, 0.15) is 32.1 Å². The van der Waals surface area contributed by atoms with E-state index < -0.39 is 11.6 Å². The SMILES string of the molecule is O=C(CSC1CCCCC1)Nc1c(F)cc(F)cc1Br. The molecule has 2 nitrogen and oxygen atoms in total. The molecule has 110 valence electrons. The minimum absolute atomic E-state index is 0.000596. The third-order valence-electron chi connectivity index (χ3n) is 3.27. The predicted molar refractivity (Wildman–Crippen MR) is 82.0 cm³/mol. The third-order valence-corrected chi connectivity index (χ3v) is 5.27. The molecule has 1 saturated carbocycles. The number of anilines is 1. The summed E-state index contributed by atoms with van der Waals surface area (Å²) in [5, 5.41) is 3.02. The lowest BCUT2D eigenvalue weighted by atomic mass is 10.0. The summed E-state index contributed by atoms with van der Waals surface area (Å²) in [6, 6.07) is 1.89. The Morgan fingerprint density at radius 1 is 1.30 bits per heavy atom. The van der Waals surface area contributed by atoms with E-state index in [9.17, 15) is 13.6 Å². The van der Waals surface area contributed by atoms with Gasteiger partial charge in [0.1, 0.15) is 5.82 Å². The standard InChI is InChI=1S/C14H16BrF2NOS/c15-11-6-9(16)7-12(17)14(11)18-13(19)8-20-10-4-2-1-3-5-10/h6-7,10H,1-5,8H2,(H,18,19). The number of benzene rings is 1. The van der Waals surface area contributed by atoms with Crippen LogP contribution in [0.4, 0.5) is 14.5 Å². The molecule has 0 atom stereocenters. The maximum atomic E-state index is 13.6. The number of thioether (sulfide) groups is 1. The van der Waals surface area contributed by atoms with E-state index >= 15 is 0 Å². The molecule has 0 heterocycles. The molecule has 6 heteroatoms.